The number of hydrogen-bond donors (Lipinski definition) is 2. The van der Waals surface area contributed by atoms with Gasteiger partial charge in [-0.25, -0.2) is 0 Å². The summed E-state index contributed by atoms with van der Waals surface area (Å²) in [5, 5.41) is 11.9. The first-order valence-corrected chi connectivity index (χ1v) is 6.11. The summed E-state index contributed by atoms with van der Waals surface area (Å²) in [4.78, 5) is 22.2. The van der Waals surface area contributed by atoms with Crippen molar-refractivity contribution in [3.8, 4) is 0 Å². The minimum Gasteiger partial charge on any atom is -0.481 e. The highest BCUT2D eigenvalue weighted by molar-refractivity contribution is 6.31. The lowest BCUT2D eigenvalue weighted by Gasteiger charge is -2.08. The summed E-state index contributed by atoms with van der Waals surface area (Å²) < 4.78 is 0. The molecule has 0 radical (unpaired) electrons. The quantitative estimate of drug-likeness (QED) is 0.831. The van der Waals surface area contributed by atoms with Crippen LogP contribution >= 0.6 is 11.6 Å². The molecule has 1 amide bonds. The number of carboxylic acids is 1. The fourth-order valence-electron chi connectivity index (χ4n) is 1.43. The summed E-state index contributed by atoms with van der Waals surface area (Å²) in [5.41, 5.74) is 0.767. The number of amides is 1. The first-order chi connectivity index (χ1) is 8.50. The molecule has 0 heterocycles. The van der Waals surface area contributed by atoms with Crippen molar-refractivity contribution in [3.05, 3.63) is 34.9 Å². The number of carbonyl (C=O) groups excluding carboxylic acids is 1. The van der Waals surface area contributed by atoms with E-state index in [9.17, 15) is 9.59 Å². The number of carbonyl (C=O) groups is 2. The third kappa shape index (κ3) is 4.75. The molecule has 5 heteroatoms. The van der Waals surface area contributed by atoms with Crippen LogP contribution in [0.2, 0.25) is 5.02 Å². The molecule has 1 unspecified atom stereocenters. The van der Waals surface area contributed by atoms with E-state index in [0.29, 0.717) is 18.0 Å². The molecular weight excluding hydrogens is 254 g/mol. The standard InChI is InChI=1S/C13H16ClNO3/c1-9(13(17)18)6-7-15-12(16)8-10-4-2-3-5-11(10)14/h2-5,9H,6-8H2,1H3,(H,15,16)(H,17,18). The largest absolute Gasteiger partial charge is 0.481 e. The van der Waals surface area contributed by atoms with Crippen molar-refractivity contribution >= 4 is 23.5 Å². The Balaban J connectivity index is 2.35. The molecule has 0 aliphatic carbocycles. The lowest BCUT2D eigenvalue weighted by molar-refractivity contribution is -0.141. The smallest absolute Gasteiger partial charge is 0.306 e. The maximum Gasteiger partial charge on any atom is 0.306 e. The van der Waals surface area contributed by atoms with E-state index in [1.54, 1.807) is 25.1 Å². The topological polar surface area (TPSA) is 66.4 Å². The van der Waals surface area contributed by atoms with Gasteiger partial charge in [0.1, 0.15) is 0 Å². The monoisotopic (exact) mass is 269 g/mol. The van der Waals surface area contributed by atoms with Crippen molar-refractivity contribution in [3.63, 3.8) is 0 Å². The Kier molecular flexibility index (Phi) is 5.65. The van der Waals surface area contributed by atoms with Crippen LogP contribution in [-0.2, 0) is 16.0 Å². The zero-order valence-corrected chi connectivity index (χ0v) is 10.9. The Hall–Kier alpha value is -1.55. The molecular formula is C13H16ClNO3. The van der Waals surface area contributed by atoms with E-state index in [2.05, 4.69) is 5.32 Å². The lowest BCUT2D eigenvalue weighted by atomic mass is 10.1. The van der Waals surface area contributed by atoms with Crippen molar-refractivity contribution in [2.75, 3.05) is 6.54 Å². The van der Waals surface area contributed by atoms with Crippen molar-refractivity contribution in [2.45, 2.75) is 19.8 Å². The maximum absolute atomic E-state index is 11.6. The highest BCUT2D eigenvalue weighted by Crippen LogP contribution is 2.15. The second-order valence-electron chi connectivity index (χ2n) is 4.15. The van der Waals surface area contributed by atoms with E-state index < -0.39 is 11.9 Å². The van der Waals surface area contributed by atoms with E-state index in [-0.39, 0.29) is 12.3 Å². The van der Waals surface area contributed by atoms with E-state index in [1.807, 2.05) is 6.07 Å². The zero-order valence-electron chi connectivity index (χ0n) is 10.1. The van der Waals surface area contributed by atoms with Crippen molar-refractivity contribution < 1.29 is 14.7 Å². The van der Waals surface area contributed by atoms with Gasteiger partial charge in [-0.3, -0.25) is 9.59 Å². The second-order valence-corrected chi connectivity index (χ2v) is 4.55. The zero-order chi connectivity index (χ0) is 13.5. The van der Waals surface area contributed by atoms with Gasteiger partial charge in [0.05, 0.1) is 12.3 Å². The number of aliphatic carboxylic acids is 1. The van der Waals surface area contributed by atoms with Crippen LogP contribution in [0.1, 0.15) is 18.9 Å². The summed E-state index contributed by atoms with van der Waals surface area (Å²) >= 11 is 5.94. The van der Waals surface area contributed by atoms with Crippen LogP contribution < -0.4 is 5.32 Å². The van der Waals surface area contributed by atoms with Gasteiger partial charge in [0.15, 0.2) is 0 Å². The van der Waals surface area contributed by atoms with E-state index in [0.717, 1.165) is 5.56 Å². The van der Waals surface area contributed by atoms with Crippen LogP contribution in [0.4, 0.5) is 0 Å². The van der Waals surface area contributed by atoms with Gasteiger partial charge in [-0.2, -0.15) is 0 Å². The average Bonchev–Trinajstić information content (AvgIpc) is 2.32. The summed E-state index contributed by atoms with van der Waals surface area (Å²) in [6, 6.07) is 7.15. The molecule has 18 heavy (non-hydrogen) atoms. The van der Waals surface area contributed by atoms with E-state index in [1.165, 1.54) is 0 Å². The van der Waals surface area contributed by atoms with Crippen LogP contribution in [-0.4, -0.2) is 23.5 Å². The number of hydrogen-bond acceptors (Lipinski definition) is 2. The first kappa shape index (κ1) is 14.5. The van der Waals surface area contributed by atoms with Gasteiger partial charge in [0.2, 0.25) is 5.91 Å². The minimum atomic E-state index is -0.852. The first-order valence-electron chi connectivity index (χ1n) is 5.73. The molecule has 0 fully saturated rings. The molecule has 0 aliphatic heterocycles. The third-order valence-corrected chi connectivity index (χ3v) is 3.00. The predicted octanol–water partition coefficient (Wildman–Crippen LogP) is 2.11. The molecule has 0 bridgehead atoms. The van der Waals surface area contributed by atoms with Crippen molar-refractivity contribution in [2.24, 2.45) is 5.92 Å². The number of halogens is 1. The van der Waals surface area contributed by atoms with Crippen LogP contribution in [0.25, 0.3) is 0 Å². The van der Waals surface area contributed by atoms with Gasteiger partial charge in [0.25, 0.3) is 0 Å². The second kappa shape index (κ2) is 7.01. The molecule has 1 aromatic rings. The van der Waals surface area contributed by atoms with Crippen LogP contribution in [0.5, 0.6) is 0 Å². The normalized spacial score (nSPS) is 11.9. The third-order valence-electron chi connectivity index (χ3n) is 2.63. The molecule has 0 saturated heterocycles. The fourth-order valence-corrected chi connectivity index (χ4v) is 1.63. The molecule has 1 aromatic carbocycles. The molecule has 0 aromatic heterocycles. The Morgan fingerprint density at radius 2 is 2.06 bits per heavy atom. The molecule has 0 spiro atoms. The van der Waals surface area contributed by atoms with E-state index in [4.69, 9.17) is 16.7 Å². The molecule has 1 rings (SSSR count). The van der Waals surface area contributed by atoms with Gasteiger partial charge in [-0.1, -0.05) is 36.7 Å². The van der Waals surface area contributed by atoms with Gasteiger partial charge in [-0.15, -0.1) is 0 Å². The van der Waals surface area contributed by atoms with Crippen molar-refractivity contribution in [1.29, 1.82) is 0 Å². The Bertz CT molecular complexity index is 434. The number of rotatable bonds is 6. The molecule has 0 saturated carbocycles. The fraction of sp³-hybridized carbons (Fsp3) is 0.385. The van der Waals surface area contributed by atoms with Crippen LogP contribution in [0.15, 0.2) is 24.3 Å². The van der Waals surface area contributed by atoms with Gasteiger partial charge < -0.3 is 10.4 Å². The Morgan fingerprint density at radius 3 is 2.67 bits per heavy atom. The molecule has 1 atom stereocenters. The highest BCUT2D eigenvalue weighted by atomic mass is 35.5. The summed E-state index contributed by atoms with van der Waals surface area (Å²) in [5.74, 6) is -1.46. The van der Waals surface area contributed by atoms with Crippen molar-refractivity contribution in [1.82, 2.24) is 5.32 Å². The SMILES string of the molecule is CC(CCNC(=O)Cc1ccccc1Cl)C(=O)O. The Labute approximate surface area is 111 Å². The minimum absolute atomic E-state index is 0.152. The Morgan fingerprint density at radius 1 is 1.39 bits per heavy atom. The number of benzene rings is 1. The summed E-state index contributed by atoms with van der Waals surface area (Å²) in [6.07, 6.45) is 0.630. The highest BCUT2D eigenvalue weighted by Gasteiger charge is 2.11. The molecule has 2 N–H and O–H groups in total. The van der Waals surface area contributed by atoms with Gasteiger partial charge in [-0.05, 0) is 18.1 Å². The maximum atomic E-state index is 11.6. The average molecular weight is 270 g/mol. The molecule has 0 aliphatic rings. The summed E-state index contributed by atoms with van der Waals surface area (Å²) in [7, 11) is 0. The molecule has 4 nitrogen and oxygen atoms in total. The number of nitrogens with one attached hydrogen (secondary N) is 1. The molecule has 98 valence electrons. The van der Waals surface area contributed by atoms with Crippen LogP contribution in [0.3, 0.4) is 0 Å². The van der Waals surface area contributed by atoms with Gasteiger partial charge in [0, 0.05) is 11.6 Å². The lowest BCUT2D eigenvalue weighted by Crippen LogP contribution is -2.28. The van der Waals surface area contributed by atoms with Crippen LogP contribution in [0, 0.1) is 5.92 Å². The van der Waals surface area contributed by atoms with Gasteiger partial charge >= 0.3 is 5.97 Å². The predicted molar refractivity (Wildman–Crippen MR) is 69.6 cm³/mol. The van der Waals surface area contributed by atoms with E-state index >= 15 is 0 Å². The number of carboxylic acid groups (broad SMARTS) is 1. The summed E-state index contributed by atoms with van der Waals surface area (Å²) in [6.45, 7) is 1.97.